The van der Waals surface area contributed by atoms with Gasteiger partial charge >= 0.3 is 5.97 Å². The van der Waals surface area contributed by atoms with Crippen LogP contribution in [0.5, 0.6) is 5.75 Å². The molecule has 1 atom stereocenters. The van der Waals surface area contributed by atoms with E-state index in [1.807, 2.05) is 78.9 Å². The molecular formula is C38H30Cl2I2N2O4S. The number of hydrogen-bond acceptors (Lipinski definition) is 6. The Kier molecular flexibility index (Phi) is 11.3. The first kappa shape index (κ1) is 35.8. The van der Waals surface area contributed by atoms with E-state index in [1.165, 1.54) is 11.3 Å². The minimum absolute atomic E-state index is 0.185. The lowest BCUT2D eigenvalue weighted by Gasteiger charge is -2.26. The van der Waals surface area contributed by atoms with Gasteiger partial charge in [-0.3, -0.25) is 9.36 Å². The molecule has 1 aliphatic heterocycles. The Morgan fingerprint density at radius 2 is 1.73 bits per heavy atom. The molecule has 0 spiro atoms. The lowest BCUT2D eigenvalue weighted by atomic mass is 9.91. The summed E-state index contributed by atoms with van der Waals surface area (Å²) in [6, 6.07) is 26.2. The molecule has 0 unspecified atom stereocenters. The molecule has 0 saturated heterocycles. The highest BCUT2D eigenvalue weighted by atomic mass is 127. The van der Waals surface area contributed by atoms with Crippen LogP contribution in [-0.4, -0.2) is 17.1 Å². The Morgan fingerprint density at radius 3 is 2.41 bits per heavy atom. The van der Waals surface area contributed by atoms with Crippen LogP contribution in [0.15, 0.2) is 100 Å². The second kappa shape index (κ2) is 15.5. The number of carbonyl (C=O) groups excluding carboxylic acids is 1. The van der Waals surface area contributed by atoms with Gasteiger partial charge in [0, 0.05) is 14.7 Å². The van der Waals surface area contributed by atoms with Crippen LogP contribution in [-0.2, 0) is 16.1 Å². The van der Waals surface area contributed by atoms with E-state index in [0.29, 0.717) is 42.3 Å². The van der Waals surface area contributed by atoms with Gasteiger partial charge in [-0.2, -0.15) is 0 Å². The number of benzene rings is 4. The van der Waals surface area contributed by atoms with Gasteiger partial charge in [-0.1, -0.05) is 109 Å². The topological polar surface area (TPSA) is 69.9 Å². The van der Waals surface area contributed by atoms with E-state index in [2.05, 4.69) is 59.0 Å². The van der Waals surface area contributed by atoms with Gasteiger partial charge in [0.2, 0.25) is 0 Å². The van der Waals surface area contributed by atoms with E-state index in [1.54, 1.807) is 23.6 Å². The summed E-state index contributed by atoms with van der Waals surface area (Å²) >= 11 is 18.2. The zero-order valence-electron chi connectivity index (χ0n) is 26.7. The fourth-order valence-electron chi connectivity index (χ4n) is 5.58. The second-order valence-corrected chi connectivity index (χ2v) is 15.8. The number of carbonyl (C=O) groups is 1. The first-order valence-electron chi connectivity index (χ1n) is 15.5. The molecule has 250 valence electrons. The molecule has 0 N–H and O–H groups in total. The van der Waals surface area contributed by atoms with Crippen LogP contribution in [0.3, 0.4) is 0 Å². The average molecular weight is 935 g/mol. The maximum Gasteiger partial charge on any atom is 0.338 e. The normalized spacial score (nSPS) is 14.5. The highest BCUT2D eigenvalue weighted by Crippen LogP contribution is 2.36. The summed E-state index contributed by atoms with van der Waals surface area (Å²) in [6.45, 7) is 6.47. The van der Waals surface area contributed by atoms with Crippen molar-refractivity contribution in [3.63, 3.8) is 0 Å². The van der Waals surface area contributed by atoms with Gasteiger partial charge in [-0.25, -0.2) is 9.79 Å². The van der Waals surface area contributed by atoms with E-state index in [9.17, 15) is 9.59 Å². The Balaban J connectivity index is 1.55. The number of nitrogens with zero attached hydrogens (tertiary/aromatic N) is 2. The number of esters is 1. The van der Waals surface area contributed by atoms with Crippen molar-refractivity contribution >= 4 is 97.5 Å². The van der Waals surface area contributed by atoms with Crippen molar-refractivity contribution in [3.05, 3.63) is 155 Å². The fourth-order valence-corrected chi connectivity index (χ4v) is 8.94. The van der Waals surface area contributed by atoms with Crippen LogP contribution in [0.25, 0.3) is 11.8 Å². The average Bonchev–Trinajstić information content (AvgIpc) is 3.39. The first-order valence-corrected chi connectivity index (χ1v) is 19.2. The van der Waals surface area contributed by atoms with E-state index in [4.69, 9.17) is 37.7 Å². The molecule has 11 heteroatoms. The lowest BCUT2D eigenvalue weighted by Crippen LogP contribution is -2.40. The number of ether oxygens (including phenoxy) is 2. The Bertz CT molecular complexity index is 2270. The maximum absolute atomic E-state index is 14.5. The Hall–Kier alpha value is -2.97. The summed E-state index contributed by atoms with van der Waals surface area (Å²) in [5.74, 6) is 0.443. The van der Waals surface area contributed by atoms with Crippen molar-refractivity contribution in [2.24, 2.45) is 4.99 Å². The Morgan fingerprint density at radius 1 is 1.00 bits per heavy atom. The van der Waals surface area contributed by atoms with Crippen LogP contribution in [0.4, 0.5) is 0 Å². The van der Waals surface area contributed by atoms with Gasteiger partial charge in [-0.05, 0) is 105 Å². The molecular weight excluding hydrogens is 905 g/mol. The number of thiazole rings is 1. The highest BCUT2D eigenvalue weighted by Gasteiger charge is 2.35. The van der Waals surface area contributed by atoms with Gasteiger partial charge in [0.1, 0.15) is 12.4 Å². The van der Waals surface area contributed by atoms with Gasteiger partial charge in [-0.15, -0.1) is 0 Å². The number of aromatic nitrogens is 1. The third-order valence-corrected chi connectivity index (χ3v) is 11.1. The molecule has 5 aromatic rings. The van der Waals surface area contributed by atoms with Crippen molar-refractivity contribution in [1.82, 2.24) is 4.57 Å². The minimum Gasteiger partial charge on any atom is -0.487 e. The minimum atomic E-state index is -0.754. The summed E-state index contributed by atoms with van der Waals surface area (Å²) in [5, 5.41) is 0.924. The van der Waals surface area contributed by atoms with E-state index < -0.39 is 12.0 Å². The molecule has 0 radical (unpaired) electrons. The van der Waals surface area contributed by atoms with Gasteiger partial charge in [0.15, 0.2) is 4.80 Å². The van der Waals surface area contributed by atoms with Crippen LogP contribution >= 0.6 is 79.7 Å². The summed E-state index contributed by atoms with van der Waals surface area (Å²) < 4.78 is 15.9. The predicted octanol–water partition coefficient (Wildman–Crippen LogP) is 9.15. The number of rotatable bonds is 9. The number of halogens is 4. The second-order valence-electron chi connectivity index (χ2n) is 11.6. The standard InChI is InChI=1S/C38H30Cl2I2N2O4S/c1-4-47-37(46)32-33(24-8-6-5-7-9-24)43-38-44(34(32)25-13-11-23(12-14-25)21(2)3)36(45)31(49-38)18-26-17-27(41)19-30(42)35(26)48-20-22-10-15-28(39)29(40)16-22/h5-19,21,34H,4,20H2,1-3H3/b31-18-/t34-/m1/s1. The van der Waals surface area contributed by atoms with Gasteiger partial charge in [0.05, 0.1) is 42.1 Å². The fraction of sp³-hybridized carbons (Fsp3) is 0.184. The van der Waals surface area contributed by atoms with Crippen LogP contribution in [0.2, 0.25) is 10.0 Å². The molecule has 6 nitrogen and oxygen atoms in total. The largest absolute Gasteiger partial charge is 0.487 e. The summed E-state index contributed by atoms with van der Waals surface area (Å²) in [6.07, 6.45) is 1.84. The summed E-state index contributed by atoms with van der Waals surface area (Å²) in [4.78, 5) is 33.8. The van der Waals surface area contributed by atoms with Crippen LogP contribution in [0.1, 0.15) is 60.5 Å². The van der Waals surface area contributed by atoms with E-state index >= 15 is 0 Å². The zero-order chi connectivity index (χ0) is 34.8. The molecule has 49 heavy (non-hydrogen) atoms. The zero-order valence-corrected chi connectivity index (χ0v) is 33.3. The summed E-state index contributed by atoms with van der Waals surface area (Å²) in [7, 11) is 0. The Labute approximate surface area is 325 Å². The number of hydrogen-bond donors (Lipinski definition) is 0. The highest BCUT2D eigenvalue weighted by molar-refractivity contribution is 14.1. The molecule has 0 bridgehead atoms. The van der Waals surface area contributed by atoms with Crippen LogP contribution < -0.4 is 19.6 Å². The predicted molar refractivity (Wildman–Crippen MR) is 214 cm³/mol. The summed E-state index contributed by atoms with van der Waals surface area (Å²) in [5.41, 5.74) is 4.85. The van der Waals surface area contributed by atoms with Crippen molar-refractivity contribution in [1.29, 1.82) is 0 Å². The quantitative estimate of drug-likeness (QED) is 0.109. The molecule has 6 rings (SSSR count). The molecule has 0 amide bonds. The molecule has 1 aromatic heterocycles. The maximum atomic E-state index is 14.5. The van der Waals surface area contributed by atoms with Crippen molar-refractivity contribution in [3.8, 4) is 5.75 Å². The lowest BCUT2D eigenvalue weighted by molar-refractivity contribution is -0.138. The van der Waals surface area contributed by atoms with Crippen molar-refractivity contribution < 1.29 is 14.3 Å². The third kappa shape index (κ3) is 7.70. The number of fused-ring (bicyclic) bond motifs is 1. The molecule has 2 heterocycles. The molecule has 0 fully saturated rings. The first-order chi connectivity index (χ1) is 23.5. The van der Waals surface area contributed by atoms with Crippen LogP contribution in [0, 0.1) is 7.14 Å². The van der Waals surface area contributed by atoms with Gasteiger partial charge < -0.3 is 9.47 Å². The van der Waals surface area contributed by atoms with E-state index in [0.717, 1.165) is 35.0 Å². The van der Waals surface area contributed by atoms with E-state index in [-0.39, 0.29) is 18.8 Å². The van der Waals surface area contributed by atoms with Gasteiger partial charge in [0.25, 0.3) is 5.56 Å². The molecule has 4 aromatic carbocycles. The monoisotopic (exact) mass is 934 g/mol. The SMILES string of the molecule is CCOC(=O)C1=C(c2ccccc2)N=c2s/c(=C\c3cc(I)cc(I)c3OCc3ccc(Cl)c(Cl)c3)c(=O)n2[C@@H]1c1ccc(C(C)C)cc1. The molecule has 0 aliphatic carbocycles. The third-order valence-electron chi connectivity index (χ3n) is 7.98. The van der Waals surface area contributed by atoms with Crippen molar-refractivity contribution in [2.75, 3.05) is 6.61 Å². The smallest absolute Gasteiger partial charge is 0.338 e. The molecule has 1 aliphatic rings. The van der Waals surface area contributed by atoms with Crippen molar-refractivity contribution in [2.45, 2.75) is 39.3 Å². The molecule has 0 saturated carbocycles.